The highest BCUT2D eigenvalue weighted by Crippen LogP contribution is 2.28. The lowest BCUT2D eigenvalue weighted by Gasteiger charge is -2.07. The fourth-order valence-electron chi connectivity index (χ4n) is 4.13. The van der Waals surface area contributed by atoms with Crippen molar-refractivity contribution in [1.82, 2.24) is 20.2 Å². The van der Waals surface area contributed by atoms with Crippen LogP contribution in [0.3, 0.4) is 0 Å². The second-order valence-electron chi connectivity index (χ2n) is 8.56. The number of carbonyl (C=O) groups is 1. The molecule has 0 atom stereocenters. The molecule has 0 aliphatic heterocycles. The van der Waals surface area contributed by atoms with Crippen molar-refractivity contribution in [3.8, 4) is 22.9 Å². The summed E-state index contributed by atoms with van der Waals surface area (Å²) in [4.78, 5) is 18.6. The third-order valence-electron chi connectivity index (χ3n) is 5.85. The van der Waals surface area contributed by atoms with Gasteiger partial charge in [0.15, 0.2) is 5.82 Å². The summed E-state index contributed by atoms with van der Waals surface area (Å²) >= 11 is 0. The molecule has 5 rings (SSSR count). The van der Waals surface area contributed by atoms with E-state index in [1.807, 2.05) is 60.8 Å². The third-order valence-corrected chi connectivity index (χ3v) is 5.85. The zero-order chi connectivity index (χ0) is 24.0. The smallest absolute Gasteiger partial charge is 0.303 e. The molecule has 0 saturated carbocycles. The first-order valence-corrected chi connectivity index (χ1v) is 11.7. The van der Waals surface area contributed by atoms with E-state index >= 15 is 0 Å². The van der Waals surface area contributed by atoms with Crippen LogP contribution in [0, 0.1) is 0 Å². The van der Waals surface area contributed by atoms with E-state index in [0.29, 0.717) is 18.7 Å². The van der Waals surface area contributed by atoms with Gasteiger partial charge in [0.2, 0.25) is 0 Å². The third kappa shape index (κ3) is 5.76. The number of fused-ring (bicyclic) bond motifs is 1. The predicted octanol–water partition coefficient (Wildman–Crippen LogP) is 6.13. The van der Waals surface area contributed by atoms with Gasteiger partial charge in [-0.05, 0) is 66.8 Å². The number of ether oxygens (including phenoxy) is 1. The Bertz CT molecular complexity index is 1450. The van der Waals surface area contributed by atoms with E-state index in [2.05, 4.69) is 33.4 Å². The van der Waals surface area contributed by atoms with Crippen LogP contribution in [-0.4, -0.2) is 31.2 Å². The summed E-state index contributed by atoms with van der Waals surface area (Å²) in [6.07, 6.45) is 5.19. The summed E-state index contributed by atoms with van der Waals surface area (Å²) in [5, 5.41) is 17.4. The standard InChI is InChI=1S/C28H26N4O3/c33-27(34)10-2-1-5-19-6-3-7-20(15-19)16-26-30-28(32-31-26)22-8-4-9-23(18-22)35-24-11-12-25-21(17-24)13-14-29-25/h3-4,6-9,11-15,17-18,29H,1-2,5,10,16H2,(H,33,34)(H,30,31,32). The summed E-state index contributed by atoms with van der Waals surface area (Å²) in [7, 11) is 0. The lowest BCUT2D eigenvalue weighted by molar-refractivity contribution is -0.137. The Morgan fingerprint density at radius 1 is 0.914 bits per heavy atom. The Morgan fingerprint density at radius 2 is 1.77 bits per heavy atom. The minimum absolute atomic E-state index is 0.217. The number of benzene rings is 3. The zero-order valence-electron chi connectivity index (χ0n) is 19.2. The molecular formula is C28H26N4O3. The number of aromatic nitrogens is 4. The lowest BCUT2D eigenvalue weighted by Crippen LogP contribution is -1.96. The molecule has 3 aromatic carbocycles. The summed E-state index contributed by atoms with van der Waals surface area (Å²) in [5.74, 6) is 2.16. The second-order valence-corrected chi connectivity index (χ2v) is 8.56. The van der Waals surface area contributed by atoms with Crippen molar-refractivity contribution in [2.24, 2.45) is 0 Å². The van der Waals surface area contributed by atoms with Gasteiger partial charge in [0.1, 0.15) is 17.3 Å². The zero-order valence-corrected chi connectivity index (χ0v) is 19.2. The SMILES string of the molecule is O=C(O)CCCCc1cccc(Cc2nc(-c3cccc(Oc4ccc5[nH]ccc5c4)c3)n[nH]2)c1. The van der Waals surface area contributed by atoms with Gasteiger partial charge in [-0.15, -0.1) is 0 Å². The number of hydrogen-bond acceptors (Lipinski definition) is 4. The second kappa shape index (κ2) is 10.3. The van der Waals surface area contributed by atoms with Crippen LogP contribution in [0.4, 0.5) is 0 Å². The molecule has 0 bridgehead atoms. The lowest BCUT2D eigenvalue weighted by atomic mass is 10.0. The first kappa shape index (κ1) is 22.4. The molecule has 0 fully saturated rings. The molecule has 0 radical (unpaired) electrons. The van der Waals surface area contributed by atoms with E-state index in [9.17, 15) is 4.79 Å². The van der Waals surface area contributed by atoms with Crippen molar-refractivity contribution < 1.29 is 14.6 Å². The highest BCUT2D eigenvalue weighted by molar-refractivity contribution is 5.80. The van der Waals surface area contributed by atoms with Gasteiger partial charge < -0.3 is 14.8 Å². The minimum Gasteiger partial charge on any atom is -0.481 e. The highest BCUT2D eigenvalue weighted by atomic mass is 16.5. The average Bonchev–Trinajstić information content (AvgIpc) is 3.52. The van der Waals surface area contributed by atoms with Crippen molar-refractivity contribution in [2.75, 3.05) is 0 Å². The molecule has 0 aliphatic rings. The van der Waals surface area contributed by atoms with Crippen LogP contribution in [0.5, 0.6) is 11.5 Å². The number of aromatic amines is 2. The highest BCUT2D eigenvalue weighted by Gasteiger charge is 2.09. The molecule has 3 N–H and O–H groups in total. The van der Waals surface area contributed by atoms with Crippen molar-refractivity contribution >= 4 is 16.9 Å². The molecule has 2 aromatic heterocycles. The van der Waals surface area contributed by atoms with E-state index in [4.69, 9.17) is 14.8 Å². The molecule has 2 heterocycles. The number of hydrogen-bond donors (Lipinski definition) is 3. The van der Waals surface area contributed by atoms with E-state index in [-0.39, 0.29) is 6.42 Å². The Kier molecular flexibility index (Phi) is 6.57. The first-order chi connectivity index (χ1) is 17.1. The molecule has 0 unspecified atom stereocenters. The fourth-order valence-corrected chi connectivity index (χ4v) is 4.13. The fraction of sp³-hybridized carbons (Fsp3) is 0.179. The molecule has 0 saturated heterocycles. The van der Waals surface area contributed by atoms with Crippen molar-refractivity contribution in [3.63, 3.8) is 0 Å². The number of aryl methyl sites for hydroxylation is 1. The molecule has 0 aliphatic carbocycles. The van der Waals surface area contributed by atoms with E-state index in [1.54, 1.807) is 0 Å². The van der Waals surface area contributed by atoms with Gasteiger partial charge in [-0.25, -0.2) is 4.98 Å². The van der Waals surface area contributed by atoms with Crippen molar-refractivity contribution in [1.29, 1.82) is 0 Å². The van der Waals surface area contributed by atoms with Gasteiger partial charge in [-0.3, -0.25) is 9.89 Å². The molecule has 5 aromatic rings. The Hall–Kier alpha value is -4.39. The van der Waals surface area contributed by atoms with Gasteiger partial charge in [0.05, 0.1) is 0 Å². The number of rotatable bonds is 10. The predicted molar refractivity (Wildman–Crippen MR) is 135 cm³/mol. The maximum absolute atomic E-state index is 10.7. The topological polar surface area (TPSA) is 104 Å². The number of carboxylic acid groups (broad SMARTS) is 1. The average molecular weight is 467 g/mol. The van der Waals surface area contributed by atoms with E-state index < -0.39 is 5.97 Å². The Labute approximate surface area is 202 Å². The number of aliphatic carboxylic acids is 1. The minimum atomic E-state index is -0.741. The van der Waals surface area contributed by atoms with Crippen LogP contribution >= 0.6 is 0 Å². The van der Waals surface area contributed by atoms with Crippen LogP contribution in [0.2, 0.25) is 0 Å². The number of nitrogens with zero attached hydrogens (tertiary/aromatic N) is 2. The maximum atomic E-state index is 10.7. The largest absolute Gasteiger partial charge is 0.481 e. The van der Waals surface area contributed by atoms with Crippen LogP contribution in [0.15, 0.2) is 79.0 Å². The summed E-state index contributed by atoms with van der Waals surface area (Å²) in [6.45, 7) is 0. The molecular weight excluding hydrogens is 440 g/mol. The summed E-state index contributed by atoms with van der Waals surface area (Å²) in [5.41, 5.74) is 4.29. The summed E-state index contributed by atoms with van der Waals surface area (Å²) < 4.78 is 6.07. The maximum Gasteiger partial charge on any atom is 0.303 e. The number of unbranched alkanes of at least 4 members (excludes halogenated alkanes) is 1. The van der Waals surface area contributed by atoms with Gasteiger partial charge >= 0.3 is 5.97 Å². The normalized spacial score (nSPS) is 11.1. The molecule has 7 nitrogen and oxygen atoms in total. The molecule has 7 heteroatoms. The molecule has 0 amide bonds. The van der Waals surface area contributed by atoms with Gasteiger partial charge in [0.25, 0.3) is 0 Å². The van der Waals surface area contributed by atoms with Gasteiger partial charge in [0, 0.05) is 35.5 Å². The molecule has 0 spiro atoms. The van der Waals surface area contributed by atoms with Crippen molar-refractivity contribution in [2.45, 2.75) is 32.1 Å². The van der Waals surface area contributed by atoms with Crippen LogP contribution < -0.4 is 4.74 Å². The van der Waals surface area contributed by atoms with Crippen LogP contribution in [0.25, 0.3) is 22.3 Å². The number of nitrogens with one attached hydrogen (secondary N) is 2. The van der Waals surface area contributed by atoms with E-state index in [1.165, 1.54) is 5.56 Å². The summed E-state index contributed by atoms with van der Waals surface area (Å²) in [6, 6.07) is 24.0. The quantitative estimate of drug-likeness (QED) is 0.215. The van der Waals surface area contributed by atoms with Gasteiger partial charge in [-0.1, -0.05) is 36.4 Å². The molecule has 35 heavy (non-hydrogen) atoms. The van der Waals surface area contributed by atoms with E-state index in [0.717, 1.165) is 52.2 Å². The molecule has 176 valence electrons. The Morgan fingerprint density at radius 3 is 2.69 bits per heavy atom. The van der Waals surface area contributed by atoms with Crippen LogP contribution in [-0.2, 0) is 17.6 Å². The number of H-pyrrole nitrogens is 2. The number of carboxylic acids is 1. The van der Waals surface area contributed by atoms with Crippen LogP contribution in [0.1, 0.15) is 36.2 Å². The van der Waals surface area contributed by atoms with Crippen molar-refractivity contribution in [3.05, 3.63) is 95.9 Å². The monoisotopic (exact) mass is 466 g/mol. The van der Waals surface area contributed by atoms with Gasteiger partial charge in [-0.2, -0.15) is 5.10 Å². The first-order valence-electron chi connectivity index (χ1n) is 11.7. The Balaban J connectivity index is 1.24.